The average Bonchev–Trinajstić information content (AvgIpc) is 2.79. The molecule has 1 aliphatic heterocycles. The predicted octanol–water partition coefficient (Wildman–Crippen LogP) is 1.56. The number of nitrogens with two attached hydrogens (primary N) is 1. The third-order valence-electron chi connectivity index (χ3n) is 3.66. The summed E-state index contributed by atoms with van der Waals surface area (Å²) in [6.07, 6.45) is 2.08. The number of nitrogens with zero attached hydrogens (tertiary/aromatic N) is 2. The fraction of sp³-hybridized carbons (Fsp3) is 0.429. The van der Waals surface area contributed by atoms with Crippen LogP contribution < -0.4 is 5.73 Å². The highest BCUT2D eigenvalue weighted by Crippen LogP contribution is 2.22. The lowest BCUT2D eigenvalue weighted by Gasteiger charge is -2.22. The molecule has 1 aliphatic rings. The number of carbonyl (C=O) groups excluding carboxylic acids is 1. The van der Waals surface area contributed by atoms with Gasteiger partial charge in [0.05, 0.1) is 5.52 Å². The van der Waals surface area contributed by atoms with Gasteiger partial charge in [0, 0.05) is 25.1 Å². The first kappa shape index (κ1) is 12.2. The van der Waals surface area contributed by atoms with Crippen LogP contribution in [0.2, 0.25) is 0 Å². The van der Waals surface area contributed by atoms with Crippen molar-refractivity contribution < 1.29 is 9.53 Å². The maximum atomic E-state index is 11.4. The Bertz CT molecular complexity index is 600. The molecule has 1 aromatic carbocycles. The second-order valence-corrected chi connectivity index (χ2v) is 4.97. The first-order chi connectivity index (χ1) is 9.25. The summed E-state index contributed by atoms with van der Waals surface area (Å²) in [6, 6.07) is 7.72. The molecule has 0 bridgehead atoms. The molecule has 1 saturated heterocycles. The number of benzene rings is 1. The molecule has 0 saturated carbocycles. The smallest absolute Gasteiger partial charge is 0.269 e. The number of primary amides is 1. The molecule has 2 heterocycles. The van der Waals surface area contributed by atoms with Gasteiger partial charge in [-0.1, -0.05) is 18.2 Å². The maximum Gasteiger partial charge on any atom is 0.269 e. The minimum absolute atomic E-state index is 0.364. The zero-order valence-corrected chi connectivity index (χ0v) is 10.7. The molecule has 0 atom stereocenters. The van der Waals surface area contributed by atoms with Crippen molar-refractivity contribution in [1.82, 2.24) is 9.78 Å². The SMILES string of the molecule is NC(=O)c1nn(CC2CCOCC2)c2ccccc12. The Morgan fingerprint density at radius 1 is 1.37 bits per heavy atom. The fourth-order valence-corrected chi connectivity index (χ4v) is 2.62. The van der Waals surface area contributed by atoms with E-state index in [-0.39, 0.29) is 0 Å². The quantitative estimate of drug-likeness (QED) is 0.909. The number of rotatable bonds is 3. The summed E-state index contributed by atoms with van der Waals surface area (Å²) < 4.78 is 7.27. The fourth-order valence-electron chi connectivity index (χ4n) is 2.62. The lowest BCUT2D eigenvalue weighted by molar-refractivity contribution is 0.0605. The third-order valence-corrected chi connectivity index (χ3v) is 3.66. The van der Waals surface area contributed by atoms with Crippen LogP contribution in [0.15, 0.2) is 24.3 Å². The van der Waals surface area contributed by atoms with Crippen molar-refractivity contribution in [2.75, 3.05) is 13.2 Å². The van der Waals surface area contributed by atoms with E-state index in [1.165, 1.54) is 0 Å². The van der Waals surface area contributed by atoms with Gasteiger partial charge in [-0.15, -0.1) is 0 Å². The van der Waals surface area contributed by atoms with Gasteiger partial charge >= 0.3 is 0 Å². The van der Waals surface area contributed by atoms with Crippen molar-refractivity contribution in [2.45, 2.75) is 19.4 Å². The van der Waals surface area contributed by atoms with Gasteiger partial charge in [-0.2, -0.15) is 5.10 Å². The monoisotopic (exact) mass is 259 g/mol. The van der Waals surface area contributed by atoms with E-state index in [9.17, 15) is 4.79 Å². The maximum absolute atomic E-state index is 11.4. The number of carbonyl (C=O) groups is 1. The molecular weight excluding hydrogens is 242 g/mol. The molecule has 5 nitrogen and oxygen atoms in total. The Kier molecular flexibility index (Phi) is 3.21. The van der Waals surface area contributed by atoms with Gasteiger partial charge in [0.25, 0.3) is 5.91 Å². The van der Waals surface area contributed by atoms with Crippen LogP contribution in [0.1, 0.15) is 23.3 Å². The second-order valence-electron chi connectivity index (χ2n) is 4.97. The summed E-state index contributed by atoms with van der Waals surface area (Å²) in [6.45, 7) is 2.44. The molecule has 3 rings (SSSR count). The average molecular weight is 259 g/mol. The molecule has 1 fully saturated rings. The van der Waals surface area contributed by atoms with Crippen LogP contribution in [0.5, 0.6) is 0 Å². The van der Waals surface area contributed by atoms with Crippen LogP contribution in [-0.4, -0.2) is 28.9 Å². The van der Waals surface area contributed by atoms with E-state index in [4.69, 9.17) is 10.5 Å². The molecule has 0 radical (unpaired) electrons. The number of fused-ring (bicyclic) bond motifs is 1. The van der Waals surface area contributed by atoms with Gasteiger partial charge in [-0.25, -0.2) is 0 Å². The Balaban J connectivity index is 1.96. The van der Waals surface area contributed by atoms with Crippen molar-refractivity contribution in [3.8, 4) is 0 Å². The highest BCUT2D eigenvalue weighted by Gasteiger charge is 2.19. The van der Waals surface area contributed by atoms with E-state index >= 15 is 0 Å². The van der Waals surface area contributed by atoms with E-state index < -0.39 is 5.91 Å². The van der Waals surface area contributed by atoms with Crippen LogP contribution >= 0.6 is 0 Å². The Morgan fingerprint density at radius 3 is 2.84 bits per heavy atom. The topological polar surface area (TPSA) is 70.1 Å². The van der Waals surface area contributed by atoms with Gasteiger partial charge < -0.3 is 10.5 Å². The summed E-state index contributed by atoms with van der Waals surface area (Å²) >= 11 is 0. The lowest BCUT2D eigenvalue weighted by Crippen LogP contribution is -2.21. The van der Waals surface area contributed by atoms with Crippen molar-refractivity contribution in [3.05, 3.63) is 30.0 Å². The predicted molar refractivity (Wildman–Crippen MR) is 71.8 cm³/mol. The number of aromatic nitrogens is 2. The Morgan fingerprint density at radius 2 is 2.11 bits per heavy atom. The number of hydrogen-bond acceptors (Lipinski definition) is 3. The molecule has 0 unspecified atom stereocenters. The third kappa shape index (κ3) is 2.33. The Labute approximate surface area is 111 Å². The zero-order chi connectivity index (χ0) is 13.2. The molecule has 5 heteroatoms. The van der Waals surface area contributed by atoms with Gasteiger partial charge in [-0.3, -0.25) is 9.48 Å². The van der Waals surface area contributed by atoms with Gasteiger partial charge in [0.1, 0.15) is 0 Å². The van der Waals surface area contributed by atoms with E-state index in [1.807, 2.05) is 28.9 Å². The molecule has 0 aliphatic carbocycles. The highest BCUT2D eigenvalue weighted by atomic mass is 16.5. The summed E-state index contributed by atoms with van der Waals surface area (Å²) in [5.74, 6) is 0.0831. The van der Waals surface area contributed by atoms with E-state index in [1.54, 1.807) is 0 Å². The van der Waals surface area contributed by atoms with E-state index in [2.05, 4.69) is 5.10 Å². The van der Waals surface area contributed by atoms with Crippen molar-refractivity contribution >= 4 is 16.8 Å². The van der Waals surface area contributed by atoms with E-state index in [0.717, 1.165) is 43.5 Å². The minimum atomic E-state index is -0.470. The first-order valence-corrected chi connectivity index (χ1v) is 6.59. The largest absolute Gasteiger partial charge is 0.381 e. The second kappa shape index (κ2) is 5.01. The molecule has 100 valence electrons. The first-order valence-electron chi connectivity index (χ1n) is 6.59. The molecule has 1 aromatic heterocycles. The van der Waals surface area contributed by atoms with Crippen molar-refractivity contribution in [1.29, 1.82) is 0 Å². The summed E-state index contributed by atoms with van der Waals surface area (Å²) in [5.41, 5.74) is 6.73. The molecule has 1 amide bonds. The number of hydrogen-bond donors (Lipinski definition) is 1. The molecule has 2 N–H and O–H groups in total. The van der Waals surface area contributed by atoms with Crippen LogP contribution in [-0.2, 0) is 11.3 Å². The Hall–Kier alpha value is -1.88. The molecule has 0 spiro atoms. The van der Waals surface area contributed by atoms with Crippen molar-refractivity contribution in [3.63, 3.8) is 0 Å². The molecule has 19 heavy (non-hydrogen) atoms. The zero-order valence-electron chi connectivity index (χ0n) is 10.7. The lowest BCUT2D eigenvalue weighted by atomic mass is 10.0. The highest BCUT2D eigenvalue weighted by molar-refractivity contribution is 6.04. The van der Waals surface area contributed by atoms with Gasteiger partial charge in [0.15, 0.2) is 5.69 Å². The minimum Gasteiger partial charge on any atom is -0.381 e. The number of para-hydroxylation sites is 1. The number of amides is 1. The van der Waals surface area contributed by atoms with Crippen LogP contribution in [0.3, 0.4) is 0 Å². The van der Waals surface area contributed by atoms with Crippen LogP contribution in [0.25, 0.3) is 10.9 Å². The van der Waals surface area contributed by atoms with Gasteiger partial charge in [0.2, 0.25) is 0 Å². The number of ether oxygens (including phenoxy) is 1. The molecule has 2 aromatic rings. The van der Waals surface area contributed by atoms with Crippen molar-refractivity contribution in [2.24, 2.45) is 11.7 Å². The van der Waals surface area contributed by atoms with Crippen LogP contribution in [0, 0.1) is 5.92 Å². The van der Waals surface area contributed by atoms with Crippen LogP contribution in [0.4, 0.5) is 0 Å². The molecular formula is C14H17N3O2. The standard InChI is InChI=1S/C14H17N3O2/c15-14(18)13-11-3-1-2-4-12(11)17(16-13)9-10-5-7-19-8-6-10/h1-4,10H,5-9H2,(H2,15,18). The summed E-state index contributed by atoms with van der Waals surface area (Å²) in [5, 5.41) is 5.22. The van der Waals surface area contributed by atoms with E-state index in [0.29, 0.717) is 11.6 Å². The summed E-state index contributed by atoms with van der Waals surface area (Å²) in [7, 11) is 0. The van der Waals surface area contributed by atoms with Gasteiger partial charge in [-0.05, 0) is 24.8 Å². The summed E-state index contributed by atoms with van der Waals surface area (Å²) in [4.78, 5) is 11.4. The normalized spacial score (nSPS) is 16.8.